The topological polar surface area (TPSA) is 29.3 Å². The zero-order valence-electron chi connectivity index (χ0n) is 12.8. The summed E-state index contributed by atoms with van der Waals surface area (Å²) in [5, 5.41) is 0. The molecule has 3 atom stereocenters. The number of hydrogen-bond acceptors (Lipinski definition) is 2. The van der Waals surface area contributed by atoms with Crippen LogP contribution in [0.2, 0.25) is 0 Å². The summed E-state index contributed by atoms with van der Waals surface area (Å²) < 4.78 is 0. The Morgan fingerprint density at radius 2 is 1.89 bits per heavy atom. The zero-order chi connectivity index (χ0) is 13.4. The van der Waals surface area contributed by atoms with Gasteiger partial charge in [-0.1, -0.05) is 40.0 Å². The van der Waals surface area contributed by atoms with Crippen LogP contribution in [-0.2, 0) is 0 Å². The molecule has 1 fully saturated rings. The van der Waals surface area contributed by atoms with E-state index >= 15 is 0 Å². The molecule has 1 aliphatic carbocycles. The third-order valence-electron chi connectivity index (χ3n) is 4.61. The number of rotatable bonds is 8. The van der Waals surface area contributed by atoms with Crippen molar-refractivity contribution in [1.29, 1.82) is 0 Å². The van der Waals surface area contributed by atoms with Gasteiger partial charge in [0.05, 0.1) is 0 Å². The highest BCUT2D eigenvalue weighted by Crippen LogP contribution is 2.31. The van der Waals surface area contributed by atoms with Crippen molar-refractivity contribution in [3.63, 3.8) is 0 Å². The Morgan fingerprint density at radius 1 is 1.11 bits per heavy atom. The van der Waals surface area contributed by atoms with Crippen molar-refractivity contribution < 1.29 is 0 Å². The normalized spacial score (nSPS) is 28.8. The van der Waals surface area contributed by atoms with Crippen LogP contribution in [0, 0.1) is 11.8 Å². The second kappa shape index (κ2) is 8.92. The lowest BCUT2D eigenvalue weighted by Crippen LogP contribution is -2.43. The summed E-state index contributed by atoms with van der Waals surface area (Å²) >= 11 is 0. The second-order valence-electron chi connectivity index (χ2n) is 6.14. The molecule has 0 spiro atoms. The van der Waals surface area contributed by atoms with E-state index in [-0.39, 0.29) is 0 Å². The molecule has 0 radical (unpaired) electrons. The molecule has 18 heavy (non-hydrogen) atoms. The van der Waals surface area contributed by atoms with Crippen molar-refractivity contribution in [2.75, 3.05) is 19.6 Å². The Morgan fingerprint density at radius 3 is 2.50 bits per heavy atom. The molecule has 2 N–H and O–H groups in total. The average molecular weight is 254 g/mol. The predicted octanol–water partition coefficient (Wildman–Crippen LogP) is 3.65. The summed E-state index contributed by atoms with van der Waals surface area (Å²) in [6.07, 6.45) is 9.36. The quantitative estimate of drug-likeness (QED) is 0.716. The number of nitrogens with zero attached hydrogens (tertiary/aromatic N) is 1. The molecule has 0 aromatic rings. The molecule has 2 nitrogen and oxygen atoms in total. The number of unbranched alkanes of at least 4 members (excludes halogenated alkanes) is 1. The Kier molecular flexibility index (Phi) is 7.92. The van der Waals surface area contributed by atoms with Crippen molar-refractivity contribution in [2.24, 2.45) is 17.6 Å². The van der Waals surface area contributed by atoms with Gasteiger partial charge in [0, 0.05) is 12.6 Å². The van der Waals surface area contributed by atoms with Crippen LogP contribution >= 0.6 is 0 Å². The summed E-state index contributed by atoms with van der Waals surface area (Å²) in [4.78, 5) is 2.61. The Balaban J connectivity index is 2.40. The van der Waals surface area contributed by atoms with Crippen LogP contribution in [-0.4, -0.2) is 30.6 Å². The smallest absolute Gasteiger partial charge is 0.00795 e. The van der Waals surface area contributed by atoms with E-state index in [1.807, 2.05) is 0 Å². The lowest BCUT2D eigenvalue weighted by Gasteiger charge is -2.37. The standard InChI is InChI=1S/C16H34N2/c1-4-7-11-18(6-3)13-15-12-14(8-5-2)9-10-16(15)17/h14-16H,4-13,17H2,1-3H3. The maximum atomic E-state index is 6.34. The maximum Gasteiger partial charge on any atom is 0.00795 e. The Bertz CT molecular complexity index is 205. The molecule has 3 unspecified atom stereocenters. The van der Waals surface area contributed by atoms with Gasteiger partial charge >= 0.3 is 0 Å². The minimum absolute atomic E-state index is 0.453. The molecule has 1 aliphatic rings. The minimum atomic E-state index is 0.453. The van der Waals surface area contributed by atoms with Crippen molar-refractivity contribution in [3.8, 4) is 0 Å². The van der Waals surface area contributed by atoms with Crippen molar-refractivity contribution >= 4 is 0 Å². The third kappa shape index (κ3) is 5.27. The summed E-state index contributed by atoms with van der Waals surface area (Å²) in [5.41, 5.74) is 6.34. The summed E-state index contributed by atoms with van der Waals surface area (Å²) in [6.45, 7) is 10.5. The first-order chi connectivity index (χ1) is 8.71. The van der Waals surface area contributed by atoms with E-state index in [0.717, 1.165) is 11.8 Å². The zero-order valence-corrected chi connectivity index (χ0v) is 12.8. The van der Waals surface area contributed by atoms with Crippen LogP contribution in [0.25, 0.3) is 0 Å². The molecule has 108 valence electrons. The fraction of sp³-hybridized carbons (Fsp3) is 1.00. The van der Waals surface area contributed by atoms with Gasteiger partial charge < -0.3 is 10.6 Å². The first-order valence-electron chi connectivity index (χ1n) is 8.19. The largest absolute Gasteiger partial charge is 0.327 e. The van der Waals surface area contributed by atoms with Gasteiger partial charge in [0.15, 0.2) is 0 Å². The van der Waals surface area contributed by atoms with Crippen LogP contribution in [0.4, 0.5) is 0 Å². The van der Waals surface area contributed by atoms with Gasteiger partial charge in [-0.15, -0.1) is 0 Å². The monoisotopic (exact) mass is 254 g/mol. The predicted molar refractivity (Wildman–Crippen MR) is 80.7 cm³/mol. The van der Waals surface area contributed by atoms with Crippen LogP contribution in [0.3, 0.4) is 0 Å². The summed E-state index contributed by atoms with van der Waals surface area (Å²) in [6, 6.07) is 0.453. The van der Waals surface area contributed by atoms with E-state index in [0.29, 0.717) is 6.04 Å². The van der Waals surface area contributed by atoms with E-state index in [2.05, 4.69) is 25.7 Å². The fourth-order valence-corrected chi connectivity index (χ4v) is 3.36. The van der Waals surface area contributed by atoms with Gasteiger partial charge in [-0.05, 0) is 50.6 Å². The SMILES string of the molecule is CCCCN(CC)CC1CC(CCC)CCC1N. The van der Waals surface area contributed by atoms with E-state index < -0.39 is 0 Å². The van der Waals surface area contributed by atoms with Gasteiger partial charge in [-0.2, -0.15) is 0 Å². The number of nitrogens with two attached hydrogens (primary N) is 1. The average Bonchev–Trinajstić information content (AvgIpc) is 2.38. The van der Waals surface area contributed by atoms with E-state index in [9.17, 15) is 0 Å². The highest BCUT2D eigenvalue weighted by molar-refractivity contribution is 4.84. The molecule has 0 bridgehead atoms. The van der Waals surface area contributed by atoms with Crippen LogP contribution in [0.15, 0.2) is 0 Å². The first-order valence-corrected chi connectivity index (χ1v) is 8.19. The van der Waals surface area contributed by atoms with Crippen LogP contribution < -0.4 is 5.73 Å². The molecule has 2 heteroatoms. The Hall–Kier alpha value is -0.0800. The molecule has 1 saturated carbocycles. The molecular weight excluding hydrogens is 220 g/mol. The summed E-state index contributed by atoms with van der Waals surface area (Å²) in [5.74, 6) is 1.69. The van der Waals surface area contributed by atoms with Crippen LogP contribution in [0.5, 0.6) is 0 Å². The minimum Gasteiger partial charge on any atom is -0.327 e. The van der Waals surface area contributed by atoms with Crippen molar-refractivity contribution in [3.05, 3.63) is 0 Å². The lowest BCUT2D eigenvalue weighted by molar-refractivity contribution is 0.154. The molecule has 0 heterocycles. The van der Waals surface area contributed by atoms with Crippen molar-refractivity contribution in [1.82, 2.24) is 4.90 Å². The second-order valence-corrected chi connectivity index (χ2v) is 6.14. The molecular formula is C16H34N2. The van der Waals surface area contributed by atoms with Gasteiger partial charge in [0.2, 0.25) is 0 Å². The van der Waals surface area contributed by atoms with Gasteiger partial charge in [-0.3, -0.25) is 0 Å². The highest BCUT2D eigenvalue weighted by atomic mass is 15.1. The molecule has 0 saturated heterocycles. The van der Waals surface area contributed by atoms with Gasteiger partial charge in [0.25, 0.3) is 0 Å². The number of hydrogen-bond donors (Lipinski definition) is 1. The first kappa shape index (κ1) is 16.0. The molecule has 0 aliphatic heterocycles. The molecule has 0 amide bonds. The third-order valence-corrected chi connectivity index (χ3v) is 4.61. The summed E-state index contributed by atoms with van der Waals surface area (Å²) in [7, 11) is 0. The molecule has 1 rings (SSSR count). The maximum absolute atomic E-state index is 6.34. The van der Waals surface area contributed by atoms with Crippen LogP contribution in [0.1, 0.15) is 65.7 Å². The molecule has 0 aromatic heterocycles. The van der Waals surface area contributed by atoms with Crippen molar-refractivity contribution in [2.45, 2.75) is 71.8 Å². The lowest BCUT2D eigenvalue weighted by atomic mass is 9.76. The van der Waals surface area contributed by atoms with Gasteiger partial charge in [0.1, 0.15) is 0 Å². The van der Waals surface area contributed by atoms with E-state index in [1.54, 1.807) is 0 Å². The fourth-order valence-electron chi connectivity index (χ4n) is 3.36. The van der Waals surface area contributed by atoms with E-state index in [4.69, 9.17) is 5.73 Å². The van der Waals surface area contributed by atoms with Gasteiger partial charge in [-0.25, -0.2) is 0 Å². The highest BCUT2D eigenvalue weighted by Gasteiger charge is 2.28. The van der Waals surface area contributed by atoms with E-state index in [1.165, 1.54) is 64.6 Å². The molecule has 0 aromatic carbocycles. The Labute approximate surface area is 114 Å².